The molecule has 0 amide bonds. The summed E-state index contributed by atoms with van der Waals surface area (Å²) in [4.78, 5) is 7.01. The molecule has 202 valence electrons. The molecule has 0 aliphatic rings. The highest BCUT2D eigenvalue weighted by Crippen LogP contribution is 2.41. The zero-order chi connectivity index (χ0) is 28.3. The summed E-state index contributed by atoms with van der Waals surface area (Å²) in [5, 5.41) is 18.4. The van der Waals surface area contributed by atoms with Crippen LogP contribution in [0.2, 0.25) is 0 Å². The molecule has 7 nitrogen and oxygen atoms in total. The average molecular weight is 554 g/mol. The standard InChI is InChI=1S/C36H23N7/c1-2-10-24(11-3-1)41(25-17-19-27-28-12-5-7-15-33(28)43-36(31(27)22-25)38-39-40-43)26-18-20-30-29-13-4-6-14-32(29)42(34(30)23-26)35-16-8-9-21-37-35/h1-23H. The lowest BCUT2D eigenvalue weighted by molar-refractivity contribution is 0.842. The maximum Gasteiger partial charge on any atom is 0.187 e. The van der Waals surface area contributed by atoms with Gasteiger partial charge in [-0.3, -0.25) is 4.57 Å². The van der Waals surface area contributed by atoms with Crippen LogP contribution in [0.1, 0.15) is 0 Å². The Morgan fingerprint density at radius 2 is 1.16 bits per heavy atom. The van der Waals surface area contributed by atoms with E-state index in [9.17, 15) is 0 Å². The van der Waals surface area contributed by atoms with Crippen LogP contribution in [0.25, 0.3) is 54.9 Å². The van der Waals surface area contributed by atoms with E-state index in [-0.39, 0.29) is 0 Å². The van der Waals surface area contributed by atoms with E-state index in [2.05, 4.69) is 134 Å². The predicted molar refractivity (Wildman–Crippen MR) is 173 cm³/mol. The van der Waals surface area contributed by atoms with E-state index in [1.54, 1.807) is 0 Å². The summed E-state index contributed by atoms with van der Waals surface area (Å²) in [5.74, 6) is 0.886. The van der Waals surface area contributed by atoms with E-state index in [1.807, 2.05) is 35.0 Å². The van der Waals surface area contributed by atoms with Gasteiger partial charge in [-0.05, 0) is 76.5 Å². The number of rotatable bonds is 4. The molecule has 43 heavy (non-hydrogen) atoms. The molecule has 0 saturated carbocycles. The first kappa shape index (κ1) is 23.6. The molecule has 0 N–H and O–H groups in total. The first-order valence-corrected chi connectivity index (χ1v) is 14.2. The van der Waals surface area contributed by atoms with Crippen molar-refractivity contribution in [2.75, 3.05) is 4.90 Å². The SMILES string of the molecule is c1ccc(N(c2ccc3c4ccccc4n4nnnc4c3c2)c2ccc3c4ccccc4n(-c4ccccn4)c3c2)cc1. The van der Waals surface area contributed by atoms with Crippen molar-refractivity contribution in [3.05, 3.63) is 140 Å². The fourth-order valence-electron chi connectivity index (χ4n) is 6.35. The monoisotopic (exact) mass is 553 g/mol. The van der Waals surface area contributed by atoms with Crippen LogP contribution in [0.5, 0.6) is 0 Å². The Bertz CT molecular complexity index is 2460. The van der Waals surface area contributed by atoms with Crippen molar-refractivity contribution in [1.82, 2.24) is 29.6 Å². The van der Waals surface area contributed by atoms with Gasteiger partial charge in [0.25, 0.3) is 0 Å². The van der Waals surface area contributed by atoms with Crippen LogP contribution in [-0.4, -0.2) is 29.6 Å². The van der Waals surface area contributed by atoms with Crippen molar-refractivity contribution < 1.29 is 0 Å². The molecule has 9 rings (SSSR count). The largest absolute Gasteiger partial charge is 0.310 e. The normalized spacial score (nSPS) is 11.7. The molecule has 0 atom stereocenters. The van der Waals surface area contributed by atoms with E-state index >= 15 is 0 Å². The van der Waals surface area contributed by atoms with E-state index in [0.717, 1.165) is 61.2 Å². The smallest absolute Gasteiger partial charge is 0.187 e. The number of anilines is 3. The Labute approximate surface area is 245 Å². The Morgan fingerprint density at radius 1 is 0.488 bits per heavy atom. The van der Waals surface area contributed by atoms with Gasteiger partial charge in [0.2, 0.25) is 0 Å². The van der Waals surface area contributed by atoms with Gasteiger partial charge in [-0.1, -0.05) is 72.8 Å². The maximum absolute atomic E-state index is 4.72. The first-order chi connectivity index (χ1) is 21.3. The first-order valence-electron chi connectivity index (χ1n) is 14.2. The van der Waals surface area contributed by atoms with Crippen molar-refractivity contribution in [3.63, 3.8) is 0 Å². The molecule has 5 aromatic carbocycles. The molecule has 9 aromatic rings. The highest BCUT2D eigenvalue weighted by Gasteiger charge is 2.19. The summed E-state index contributed by atoms with van der Waals surface area (Å²) in [7, 11) is 0. The van der Waals surface area contributed by atoms with Crippen molar-refractivity contribution in [1.29, 1.82) is 0 Å². The number of nitrogens with zero attached hydrogens (tertiary/aromatic N) is 7. The minimum Gasteiger partial charge on any atom is -0.310 e. The van der Waals surface area contributed by atoms with E-state index in [4.69, 9.17) is 4.98 Å². The quantitative estimate of drug-likeness (QED) is 0.205. The van der Waals surface area contributed by atoms with Gasteiger partial charge in [0.15, 0.2) is 5.65 Å². The van der Waals surface area contributed by atoms with Crippen molar-refractivity contribution in [3.8, 4) is 5.82 Å². The van der Waals surface area contributed by atoms with Crippen LogP contribution in [-0.2, 0) is 0 Å². The summed E-state index contributed by atoms with van der Waals surface area (Å²) < 4.78 is 4.07. The Kier molecular flexibility index (Phi) is 5.06. The number of fused-ring (bicyclic) bond motifs is 9. The zero-order valence-electron chi connectivity index (χ0n) is 22.9. The van der Waals surface area contributed by atoms with Crippen LogP contribution >= 0.6 is 0 Å². The summed E-state index contributed by atoms with van der Waals surface area (Å²) in [5.41, 5.74) is 7.03. The van der Waals surface area contributed by atoms with Gasteiger partial charge in [-0.15, -0.1) is 5.10 Å². The van der Waals surface area contributed by atoms with Gasteiger partial charge in [0.1, 0.15) is 5.82 Å². The Balaban J connectivity index is 1.32. The van der Waals surface area contributed by atoms with Gasteiger partial charge in [0.05, 0.1) is 16.6 Å². The van der Waals surface area contributed by atoms with Gasteiger partial charge < -0.3 is 4.90 Å². The highest BCUT2D eigenvalue weighted by molar-refractivity contribution is 6.13. The van der Waals surface area contributed by atoms with E-state index < -0.39 is 0 Å². The molecule has 0 fully saturated rings. The lowest BCUT2D eigenvalue weighted by Crippen LogP contribution is -2.10. The summed E-state index contributed by atoms with van der Waals surface area (Å²) >= 11 is 0. The molecular weight excluding hydrogens is 530 g/mol. The van der Waals surface area contributed by atoms with Gasteiger partial charge in [-0.25, -0.2) is 4.98 Å². The number of hydrogen-bond acceptors (Lipinski definition) is 5. The van der Waals surface area contributed by atoms with Crippen LogP contribution in [0.3, 0.4) is 0 Å². The minimum absolute atomic E-state index is 0.731. The number of pyridine rings is 2. The molecule has 0 aliphatic carbocycles. The maximum atomic E-state index is 4.72. The highest BCUT2D eigenvalue weighted by atomic mass is 15.5. The number of benzene rings is 5. The van der Waals surface area contributed by atoms with Crippen LogP contribution in [0.4, 0.5) is 17.1 Å². The fraction of sp³-hybridized carbons (Fsp3) is 0. The zero-order valence-corrected chi connectivity index (χ0v) is 22.9. The summed E-state index contributed by atoms with van der Waals surface area (Å²) in [6.07, 6.45) is 1.84. The second kappa shape index (κ2) is 9.22. The minimum atomic E-state index is 0.731. The molecule has 0 bridgehead atoms. The Morgan fingerprint density at radius 3 is 1.98 bits per heavy atom. The summed E-state index contributed by atoms with van der Waals surface area (Å²) in [6.45, 7) is 0. The van der Waals surface area contributed by atoms with Gasteiger partial charge in [0, 0.05) is 44.8 Å². The summed E-state index contributed by atoms with van der Waals surface area (Å²) in [6, 6.07) is 46.5. The van der Waals surface area contributed by atoms with Crippen molar-refractivity contribution >= 4 is 66.2 Å². The van der Waals surface area contributed by atoms with Crippen LogP contribution in [0.15, 0.2) is 140 Å². The Hall–Kier alpha value is -6.08. The molecular formula is C36H23N7. The van der Waals surface area contributed by atoms with Crippen molar-refractivity contribution in [2.24, 2.45) is 0 Å². The average Bonchev–Trinajstić information content (AvgIpc) is 3.70. The molecule has 4 heterocycles. The van der Waals surface area contributed by atoms with Crippen LogP contribution in [0, 0.1) is 0 Å². The second-order valence-corrected chi connectivity index (χ2v) is 10.6. The van der Waals surface area contributed by atoms with Gasteiger partial charge >= 0.3 is 0 Å². The van der Waals surface area contributed by atoms with Crippen LogP contribution < -0.4 is 4.90 Å². The lowest BCUT2D eigenvalue weighted by atomic mass is 10.0. The lowest BCUT2D eigenvalue weighted by Gasteiger charge is -2.26. The molecule has 0 saturated heterocycles. The third kappa shape index (κ3) is 3.55. The molecule has 0 spiro atoms. The van der Waals surface area contributed by atoms with E-state index in [1.165, 1.54) is 10.8 Å². The number of aromatic nitrogens is 6. The second-order valence-electron chi connectivity index (χ2n) is 10.6. The van der Waals surface area contributed by atoms with Crippen molar-refractivity contribution in [2.45, 2.75) is 0 Å². The number of para-hydroxylation sites is 3. The fourth-order valence-corrected chi connectivity index (χ4v) is 6.35. The van der Waals surface area contributed by atoms with E-state index in [0.29, 0.717) is 0 Å². The number of tetrazole rings is 1. The topological polar surface area (TPSA) is 64.1 Å². The molecule has 0 radical (unpaired) electrons. The molecule has 0 unspecified atom stereocenters. The third-order valence-electron chi connectivity index (χ3n) is 8.20. The number of hydrogen-bond donors (Lipinski definition) is 0. The molecule has 7 heteroatoms. The molecule has 4 aromatic heterocycles. The predicted octanol–water partition coefficient (Wildman–Crippen LogP) is 8.39. The van der Waals surface area contributed by atoms with Gasteiger partial charge in [-0.2, -0.15) is 4.52 Å². The third-order valence-corrected chi connectivity index (χ3v) is 8.20. The molecule has 0 aliphatic heterocycles.